The van der Waals surface area contributed by atoms with Crippen LogP contribution in [0.3, 0.4) is 0 Å². The number of anilines is 1. The van der Waals surface area contributed by atoms with Gasteiger partial charge in [0.05, 0.1) is 0 Å². The molecule has 2 aromatic carbocycles. The second-order valence-corrected chi connectivity index (χ2v) is 6.77. The van der Waals surface area contributed by atoms with Crippen molar-refractivity contribution in [2.24, 2.45) is 4.99 Å². The lowest BCUT2D eigenvalue weighted by molar-refractivity contribution is -0.130. The molecule has 2 unspecified atom stereocenters. The van der Waals surface area contributed by atoms with Crippen molar-refractivity contribution >= 4 is 23.5 Å². The molecule has 2 N–H and O–H groups in total. The maximum atomic E-state index is 12.6. The highest BCUT2D eigenvalue weighted by Gasteiger charge is 2.43. The van der Waals surface area contributed by atoms with Crippen LogP contribution in [-0.4, -0.2) is 30.4 Å². The summed E-state index contributed by atoms with van der Waals surface area (Å²) >= 11 is 0. The number of nitrogens with zero attached hydrogens (tertiary/aromatic N) is 1. The molecule has 6 nitrogen and oxygen atoms in total. The number of cyclic esters (lactones) is 1. The van der Waals surface area contributed by atoms with E-state index in [4.69, 9.17) is 4.74 Å². The fraction of sp³-hybridized carbons (Fsp3) is 0.190. The summed E-state index contributed by atoms with van der Waals surface area (Å²) in [6.45, 7) is 0.470. The molecular weight excluding hydrogens is 342 g/mol. The molecule has 0 spiro atoms. The van der Waals surface area contributed by atoms with Crippen molar-refractivity contribution in [1.82, 2.24) is 5.32 Å². The molecule has 0 bridgehead atoms. The molecule has 1 saturated heterocycles. The van der Waals surface area contributed by atoms with Gasteiger partial charge in [0.2, 0.25) is 11.8 Å². The molecule has 3 aliphatic heterocycles. The molecule has 3 heterocycles. The number of esters is 1. The first-order valence-corrected chi connectivity index (χ1v) is 8.95. The van der Waals surface area contributed by atoms with Crippen LogP contribution in [0.2, 0.25) is 0 Å². The summed E-state index contributed by atoms with van der Waals surface area (Å²) in [5.74, 6) is -0.445. The van der Waals surface area contributed by atoms with E-state index >= 15 is 0 Å². The van der Waals surface area contributed by atoms with Crippen LogP contribution in [-0.2, 0) is 14.3 Å². The lowest BCUT2D eigenvalue weighted by atomic mass is 9.85. The number of para-hydroxylation sites is 1. The number of hydrogen-bond acceptors (Lipinski definition) is 5. The first-order valence-electron chi connectivity index (χ1n) is 8.95. The van der Waals surface area contributed by atoms with Gasteiger partial charge in [-0.1, -0.05) is 36.4 Å². The van der Waals surface area contributed by atoms with Crippen molar-refractivity contribution in [2.45, 2.75) is 18.4 Å². The molecule has 5 rings (SSSR count). The minimum atomic E-state index is -0.457. The van der Waals surface area contributed by atoms with E-state index in [1.165, 1.54) is 0 Å². The van der Waals surface area contributed by atoms with Crippen LogP contribution in [0.25, 0.3) is 0 Å². The molecule has 6 heteroatoms. The van der Waals surface area contributed by atoms with Gasteiger partial charge < -0.3 is 15.4 Å². The summed E-state index contributed by atoms with van der Waals surface area (Å²) < 4.78 is 5.44. The van der Waals surface area contributed by atoms with Gasteiger partial charge in [0.15, 0.2) is 5.70 Å². The third kappa shape index (κ3) is 2.52. The molecule has 0 radical (unpaired) electrons. The van der Waals surface area contributed by atoms with E-state index in [1.54, 1.807) is 0 Å². The molecule has 2 atom stereocenters. The van der Waals surface area contributed by atoms with Crippen LogP contribution >= 0.6 is 0 Å². The van der Waals surface area contributed by atoms with Gasteiger partial charge in [0.1, 0.15) is 6.04 Å². The number of hydrogen-bond donors (Lipinski definition) is 2. The van der Waals surface area contributed by atoms with Crippen LogP contribution in [0.15, 0.2) is 70.9 Å². The number of ether oxygens (including phenoxy) is 1. The minimum absolute atomic E-state index is 0.0644. The minimum Gasteiger partial charge on any atom is -0.402 e. The van der Waals surface area contributed by atoms with Crippen LogP contribution in [0.5, 0.6) is 0 Å². The summed E-state index contributed by atoms with van der Waals surface area (Å²) in [6, 6.07) is 16.7. The lowest BCUT2D eigenvalue weighted by Gasteiger charge is -2.18. The second-order valence-electron chi connectivity index (χ2n) is 6.77. The quantitative estimate of drug-likeness (QED) is 0.605. The molecule has 2 aromatic rings. The molecule has 0 aliphatic carbocycles. The average molecular weight is 359 g/mol. The van der Waals surface area contributed by atoms with Gasteiger partial charge in [-0.3, -0.25) is 4.79 Å². The van der Waals surface area contributed by atoms with Crippen LogP contribution < -0.4 is 10.6 Å². The molecule has 3 aliphatic rings. The van der Waals surface area contributed by atoms with E-state index in [2.05, 4.69) is 15.6 Å². The standard InChI is InChI=1S/C21H17N3O3/c25-19-18-16(13-8-4-5-9-15(13)23-18)14(10-11-22-19)17-21(26)27-20(24-17)12-6-2-1-3-7-12/h1-9,16,18,23H,10-11H2,(H,22,25)/b17-14-. The Morgan fingerprint density at radius 1 is 1.00 bits per heavy atom. The van der Waals surface area contributed by atoms with E-state index in [-0.39, 0.29) is 11.8 Å². The number of carbonyl (C=O) groups is 2. The topological polar surface area (TPSA) is 79.8 Å². The van der Waals surface area contributed by atoms with Gasteiger partial charge in [-0.05, 0) is 35.8 Å². The van der Waals surface area contributed by atoms with Crippen LogP contribution in [0.1, 0.15) is 23.5 Å². The largest absolute Gasteiger partial charge is 0.402 e. The third-order valence-electron chi connectivity index (χ3n) is 5.21. The highest BCUT2D eigenvalue weighted by Crippen LogP contribution is 2.44. The number of nitrogens with one attached hydrogen (secondary N) is 2. The normalized spacial score (nSPS) is 26.3. The van der Waals surface area contributed by atoms with Crippen molar-refractivity contribution in [1.29, 1.82) is 0 Å². The molecule has 1 amide bonds. The van der Waals surface area contributed by atoms with Crippen molar-refractivity contribution in [2.75, 3.05) is 11.9 Å². The van der Waals surface area contributed by atoms with Gasteiger partial charge >= 0.3 is 5.97 Å². The summed E-state index contributed by atoms with van der Waals surface area (Å²) in [5, 5.41) is 6.22. The Morgan fingerprint density at radius 3 is 2.63 bits per heavy atom. The Morgan fingerprint density at radius 2 is 1.78 bits per heavy atom. The summed E-state index contributed by atoms with van der Waals surface area (Å²) in [4.78, 5) is 29.7. The zero-order chi connectivity index (χ0) is 18.4. The smallest absolute Gasteiger partial charge is 0.363 e. The molecular formula is C21H17N3O3. The SMILES string of the molecule is O=C1OC(c2ccccc2)=N/C1=C1/CCNC(=O)C2Nc3ccccc3C12. The molecule has 0 aromatic heterocycles. The zero-order valence-electron chi connectivity index (χ0n) is 14.4. The third-order valence-corrected chi connectivity index (χ3v) is 5.21. The van der Waals surface area contributed by atoms with Gasteiger partial charge in [0, 0.05) is 23.7 Å². The number of aliphatic imine (C=N–C) groups is 1. The van der Waals surface area contributed by atoms with Gasteiger partial charge in [-0.15, -0.1) is 0 Å². The number of benzene rings is 2. The Labute approximate surface area is 155 Å². The number of amides is 1. The zero-order valence-corrected chi connectivity index (χ0v) is 14.4. The first-order chi connectivity index (χ1) is 13.2. The lowest BCUT2D eigenvalue weighted by Crippen LogP contribution is -2.38. The Kier molecular flexibility index (Phi) is 3.57. The predicted octanol–water partition coefficient (Wildman–Crippen LogP) is 2.34. The Hall–Kier alpha value is -3.41. The molecule has 1 fully saturated rings. The first kappa shape index (κ1) is 15.8. The van der Waals surface area contributed by atoms with Gasteiger partial charge in [0.25, 0.3) is 0 Å². The summed E-state index contributed by atoms with van der Waals surface area (Å²) in [5.41, 5.74) is 3.84. The van der Waals surface area contributed by atoms with E-state index in [9.17, 15) is 9.59 Å². The maximum absolute atomic E-state index is 12.6. The fourth-order valence-corrected chi connectivity index (χ4v) is 4.00. The predicted molar refractivity (Wildman–Crippen MR) is 100 cm³/mol. The van der Waals surface area contributed by atoms with Crippen molar-refractivity contribution in [3.63, 3.8) is 0 Å². The second kappa shape index (κ2) is 6.09. The van der Waals surface area contributed by atoms with E-state index < -0.39 is 12.0 Å². The van der Waals surface area contributed by atoms with E-state index in [1.807, 2.05) is 54.6 Å². The number of fused-ring (bicyclic) bond motifs is 3. The Bertz CT molecular complexity index is 1010. The summed E-state index contributed by atoms with van der Waals surface area (Å²) in [7, 11) is 0. The van der Waals surface area contributed by atoms with Crippen molar-refractivity contribution in [3.8, 4) is 0 Å². The van der Waals surface area contributed by atoms with Gasteiger partial charge in [-0.2, -0.15) is 0 Å². The summed E-state index contributed by atoms with van der Waals surface area (Å²) in [6.07, 6.45) is 0.554. The number of rotatable bonds is 1. The molecule has 134 valence electrons. The van der Waals surface area contributed by atoms with E-state index in [0.29, 0.717) is 24.6 Å². The monoisotopic (exact) mass is 359 g/mol. The van der Waals surface area contributed by atoms with Crippen LogP contribution in [0.4, 0.5) is 5.69 Å². The van der Waals surface area contributed by atoms with Crippen molar-refractivity contribution in [3.05, 3.63) is 77.0 Å². The highest BCUT2D eigenvalue weighted by molar-refractivity contribution is 6.11. The highest BCUT2D eigenvalue weighted by atomic mass is 16.6. The maximum Gasteiger partial charge on any atom is 0.363 e. The molecule has 0 saturated carbocycles. The van der Waals surface area contributed by atoms with Crippen LogP contribution in [0, 0.1) is 0 Å². The number of carbonyl (C=O) groups excluding carboxylic acids is 2. The Balaban J connectivity index is 1.65. The average Bonchev–Trinajstić information content (AvgIpc) is 3.23. The van der Waals surface area contributed by atoms with Gasteiger partial charge in [-0.25, -0.2) is 9.79 Å². The van der Waals surface area contributed by atoms with E-state index in [0.717, 1.165) is 22.4 Å². The van der Waals surface area contributed by atoms with Crippen molar-refractivity contribution < 1.29 is 14.3 Å². The fourth-order valence-electron chi connectivity index (χ4n) is 4.00. The molecule has 27 heavy (non-hydrogen) atoms.